The zero-order chi connectivity index (χ0) is 15.6. The first-order valence-electron chi connectivity index (χ1n) is 7.54. The number of halogens is 2. The van der Waals surface area contributed by atoms with E-state index in [1.165, 1.54) is 12.8 Å². The lowest BCUT2D eigenvalue weighted by atomic mass is 10.0. The van der Waals surface area contributed by atoms with Crippen molar-refractivity contribution in [3.05, 3.63) is 18.0 Å². The van der Waals surface area contributed by atoms with Crippen molar-refractivity contribution in [3.8, 4) is 12.1 Å². The molecular formula is C15H18F2N4O. The summed E-state index contributed by atoms with van der Waals surface area (Å²) >= 11 is 0. The zero-order valence-corrected chi connectivity index (χ0v) is 12.2. The molecule has 1 saturated carbocycles. The van der Waals surface area contributed by atoms with E-state index >= 15 is 0 Å². The van der Waals surface area contributed by atoms with Gasteiger partial charge in [-0.05, 0) is 18.8 Å². The van der Waals surface area contributed by atoms with Crippen LogP contribution >= 0.6 is 0 Å². The van der Waals surface area contributed by atoms with E-state index in [1.54, 1.807) is 17.3 Å². The number of aromatic nitrogens is 2. The van der Waals surface area contributed by atoms with E-state index in [9.17, 15) is 14.0 Å². The van der Waals surface area contributed by atoms with Gasteiger partial charge in [-0.25, -0.2) is 18.7 Å². The van der Waals surface area contributed by atoms with Crippen LogP contribution in [0.15, 0.2) is 12.4 Å². The van der Waals surface area contributed by atoms with Crippen LogP contribution in [0.5, 0.6) is 6.01 Å². The van der Waals surface area contributed by atoms with E-state index in [0.717, 1.165) is 0 Å². The largest absolute Gasteiger partial charge is 0.463 e. The van der Waals surface area contributed by atoms with Crippen LogP contribution in [-0.4, -0.2) is 40.5 Å². The number of likely N-dealkylation sites (tertiary alicyclic amines) is 1. The van der Waals surface area contributed by atoms with Crippen molar-refractivity contribution in [1.29, 1.82) is 5.26 Å². The van der Waals surface area contributed by atoms with Gasteiger partial charge in [0.15, 0.2) is 0 Å². The molecule has 1 saturated heterocycles. The normalized spacial score (nSPS) is 22.8. The van der Waals surface area contributed by atoms with Crippen molar-refractivity contribution < 1.29 is 13.5 Å². The fourth-order valence-electron chi connectivity index (χ4n) is 2.50. The summed E-state index contributed by atoms with van der Waals surface area (Å²) in [4.78, 5) is 9.97. The van der Waals surface area contributed by atoms with Crippen molar-refractivity contribution in [1.82, 2.24) is 14.9 Å². The highest BCUT2D eigenvalue weighted by atomic mass is 19.3. The topological polar surface area (TPSA) is 62.0 Å². The molecule has 3 rings (SSSR count). The number of hydrogen-bond acceptors (Lipinski definition) is 5. The molecule has 22 heavy (non-hydrogen) atoms. The minimum atomic E-state index is -2.62. The lowest BCUT2D eigenvalue weighted by Gasteiger charge is -2.34. The molecule has 0 bridgehead atoms. The summed E-state index contributed by atoms with van der Waals surface area (Å²) < 4.78 is 31.9. The van der Waals surface area contributed by atoms with Crippen molar-refractivity contribution in [2.24, 2.45) is 5.92 Å². The van der Waals surface area contributed by atoms with E-state index in [2.05, 4.69) is 16.0 Å². The quantitative estimate of drug-likeness (QED) is 0.836. The van der Waals surface area contributed by atoms with Crippen molar-refractivity contribution >= 4 is 0 Å². The lowest BCUT2D eigenvalue weighted by molar-refractivity contribution is -0.0595. The van der Waals surface area contributed by atoms with E-state index < -0.39 is 12.0 Å². The van der Waals surface area contributed by atoms with Crippen LogP contribution in [0.3, 0.4) is 0 Å². The fraction of sp³-hybridized carbons (Fsp3) is 0.667. The smallest absolute Gasteiger partial charge is 0.316 e. The van der Waals surface area contributed by atoms with Crippen LogP contribution < -0.4 is 4.74 Å². The molecule has 0 aromatic carbocycles. The Morgan fingerprint density at radius 1 is 1.32 bits per heavy atom. The number of rotatable bonds is 5. The van der Waals surface area contributed by atoms with Gasteiger partial charge in [-0.2, -0.15) is 5.26 Å². The van der Waals surface area contributed by atoms with Gasteiger partial charge in [0.05, 0.1) is 12.7 Å². The summed E-state index contributed by atoms with van der Waals surface area (Å²) in [5, 5.41) is 9.35. The Kier molecular flexibility index (Phi) is 4.21. The maximum Gasteiger partial charge on any atom is 0.316 e. The average molecular weight is 308 g/mol. The third kappa shape index (κ3) is 3.69. The van der Waals surface area contributed by atoms with Crippen LogP contribution in [0.25, 0.3) is 0 Å². The van der Waals surface area contributed by atoms with Crippen LogP contribution in [0.4, 0.5) is 8.78 Å². The highest BCUT2D eigenvalue weighted by molar-refractivity contribution is 5.19. The van der Waals surface area contributed by atoms with E-state index in [-0.39, 0.29) is 25.9 Å². The Morgan fingerprint density at radius 2 is 1.95 bits per heavy atom. The third-order valence-corrected chi connectivity index (χ3v) is 4.13. The van der Waals surface area contributed by atoms with Gasteiger partial charge in [0.2, 0.25) is 0 Å². The van der Waals surface area contributed by atoms with Gasteiger partial charge in [0.1, 0.15) is 6.04 Å². The Hall–Kier alpha value is -1.81. The Balaban J connectivity index is 1.61. The van der Waals surface area contributed by atoms with Crippen LogP contribution in [-0.2, 0) is 0 Å². The predicted molar refractivity (Wildman–Crippen MR) is 74.4 cm³/mol. The molecule has 7 heteroatoms. The molecule has 1 aliphatic heterocycles. The van der Waals surface area contributed by atoms with Gasteiger partial charge in [0.25, 0.3) is 5.92 Å². The number of nitriles is 1. The van der Waals surface area contributed by atoms with Crippen LogP contribution in [0, 0.1) is 17.2 Å². The summed E-state index contributed by atoms with van der Waals surface area (Å²) in [6, 6.07) is 1.87. The molecule has 1 atom stereocenters. The molecule has 1 aromatic heterocycles. The molecule has 0 radical (unpaired) electrons. The number of nitrogens with zero attached hydrogens (tertiary/aromatic N) is 4. The van der Waals surface area contributed by atoms with Gasteiger partial charge >= 0.3 is 6.01 Å². The van der Waals surface area contributed by atoms with Crippen LogP contribution in [0.2, 0.25) is 0 Å². The SMILES string of the molecule is N#CC(c1cnc(OCC2CC2)nc1)N1CCC(F)(F)CC1. The van der Waals surface area contributed by atoms with Gasteiger partial charge in [0, 0.05) is 43.9 Å². The van der Waals surface area contributed by atoms with E-state index in [4.69, 9.17) is 4.74 Å². The first-order chi connectivity index (χ1) is 10.6. The molecule has 1 aromatic rings. The molecular weight excluding hydrogens is 290 g/mol. The number of alkyl halides is 2. The molecule has 118 valence electrons. The summed E-state index contributed by atoms with van der Waals surface area (Å²) in [7, 11) is 0. The Bertz CT molecular complexity index is 544. The molecule has 2 heterocycles. The summed E-state index contributed by atoms with van der Waals surface area (Å²) in [6.45, 7) is 1.03. The first-order valence-corrected chi connectivity index (χ1v) is 7.54. The fourth-order valence-corrected chi connectivity index (χ4v) is 2.50. The minimum Gasteiger partial charge on any atom is -0.463 e. The van der Waals surface area contributed by atoms with Crippen molar-refractivity contribution in [3.63, 3.8) is 0 Å². The van der Waals surface area contributed by atoms with E-state index in [0.29, 0.717) is 24.1 Å². The third-order valence-electron chi connectivity index (χ3n) is 4.13. The van der Waals surface area contributed by atoms with Crippen LogP contribution in [0.1, 0.15) is 37.3 Å². The van der Waals surface area contributed by atoms with Gasteiger partial charge in [-0.3, -0.25) is 4.90 Å². The first kappa shape index (κ1) is 15.1. The summed E-state index contributed by atoms with van der Waals surface area (Å²) in [5.74, 6) is -2.00. The Labute approximate surface area is 127 Å². The second-order valence-electron chi connectivity index (χ2n) is 5.98. The maximum absolute atomic E-state index is 13.2. The highest BCUT2D eigenvalue weighted by Crippen LogP contribution is 2.32. The number of ether oxygens (including phenoxy) is 1. The molecule has 1 aliphatic carbocycles. The summed E-state index contributed by atoms with van der Waals surface area (Å²) in [5.41, 5.74) is 0.617. The average Bonchev–Trinajstić information content (AvgIpc) is 3.33. The molecule has 1 unspecified atom stereocenters. The molecule has 0 N–H and O–H groups in total. The molecule has 0 amide bonds. The monoisotopic (exact) mass is 308 g/mol. The van der Waals surface area contributed by atoms with E-state index in [1.807, 2.05) is 0 Å². The zero-order valence-electron chi connectivity index (χ0n) is 12.2. The molecule has 2 fully saturated rings. The summed E-state index contributed by atoms with van der Waals surface area (Å²) in [6.07, 6.45) is 5.05. The number of hydrogen-bond donors (Lipinski definition) is 0. The molecule has 5 nitrogen and oxygen atoms in total. The molecule has 2 aliphatic rings. The second kappa shape index (κ2) is 6.13. The van der Waals surface area contributed by atoms with Gasteiger partial charge < -0.3 is 4.74 Å². The predicted octanol–water partition coefficient (Wildman–Crippen LogP) is 2.56. The minimum absolute atomic E-state index is 0.200. The maximum atomic E-state index is 13.2. The Morgan fingerprint density at radius 3 is 2.50 bits per heavy atom. The number of piperidine rings is 1. The van der Waals surface area contributed by atoms with Gasteiger partial charge in [-0.1, -0.05) is 0 Å². The lowest BCUT2D eigenvalue weighted by Crippen LogP contribution is -2.41. The second-order valence-corrected chi connectivity index (χ2v) is 5.98. The standard InChI is InChI=1S/C15H18F2N4O/c16-15(17)3-5-21(6-4-15)13(7-18)12-8-19-14(20-9-12)22-10-11-1-2-11/h8-9,11,13H,1-6,10H2. The molecule has 0 spiro atoms. The van der Waals surface area contributed by atoms with Crippen molar-refractivity contribution in [2.75, 3.05) is 19.7 Å². The van der Waals surface area contributed by atoms with Gasteiger partial charge in [-0.15, -0.1) is 0 Å². The highest BCUT2D eigenvalue weighted by Gasteiger charge is 2.36. The van der Waals surface area contributed by atoms with Crippen molar-refractivity contribution in [2.45, 2.75) is 37.6 Å².